The van der Waals surface area contributed by atoms with Crippen LogP contribution in [0, 0.1) is 0 Å². The van der Waals surface area contributed by atoms with Gasteiger partial charge in [-0.25, -0.2) is 0 Å². The maximum absolute atomic E-state index is 13.4. The molecule has 1 aromatic heterocycles. The normalized spacial score (nSPS) is 11.4. The van der Waals surface area contributed by atoms with E-state index < -0.39 is 17.6 Å². The van der Waals surface area contributed by atoms with Crippen LogP contribution in [0.2, 0.25) is 5.02 Å². The number of anilines is 1. The number of hydrogen-bond donors (Lipinski definition) is 1. The second-order valence-electron chi connectivity index (χ2n) is 7.01. The molecule has 1 N–H and O–H groups in total. The fraction of sp³-hybridized carbons (Fsp3) is 0.0870. The summed E-state index contributed by atoms with van der Waals surface area (Å²) in [6, 6.07) is 20.0. The number of halogens is 5. The quantitative estimate of drug-likeness (QED) is 0.253. The molecule has 4 aromatic rings. The molecule has 3 aromatic carbocycles. The van der Waals surface area contributed by atoms with Crippen molar-refractivity contribution in [3.63, 3.8) is 0 Å². The lowest BCUT2D eigenvalue weighted by Crippen LogP contribution is -2.18. The second kappa shape index (κ2) is 10.2. The molecule has 0 bridgehead atoms. The summed E-state index contributed by atoms with van der Waals surface area (Å²) in [4.78, 5) is 12.5. The molecule has 0 aliphatic heterocycles. The predicted octanol–water partition coefficient (Wildman–Crippen LogP) is 7.10. The summed E-state index contributed by atoms with van der Waals surface area (Å²) in [5.74, 6) is -0.226. The van der Waals surface area contributed by atoms with E-state index in [1.807, 2.05) is 30.3 Å². The smallest absolute Gasteiger partial charge is 0.325 e. The molecule has 174 valence electrons. The molecule has 11 heteroatoms. The third kappa shape index (κ3) is 5.63. The molecule has 0 saturated carbocycles. The van der Waals surface area contributed by atoms with Crippen molar-refractivity contribution in [1.29, 1.82) is 0 Å². The summed E-state index contributed by atoms with van der Waals surface area (Å²) >= 11 is 10.1. The number of thioether (sulfide) groups is 1. The molecule has 0 aliphatic rings. The number of rotatable bonds is 6. The first-order valence-electron chi connectivity index (χ1n) is 9.78. The second-order valence-corrected chi connectivity index (χ2v) is 9.30. The summed E-state index contributed by atoms with van der Waals surface area (Å²) in [6.45, 7) is 0. The van der Waals surface area contributed by atoms with E-state index in [-0.39, 0.29) is 15.9 Å². The lowest BCUT2D eigenvalue weighted by Gasteiger charge is -2.14. The van der Waals surface area contributed by atoms with Crippen molar-refractivity contribution in [2.45, 2.75) is 11.3 Å². The van der Waals surface area contributed by atoms with Gasteiger partial charge in [0, 0.05) is 20.7 Å². The van der Waals surface area contributed by atoms with E-state index in [9.17, 15) is 18.0 Å². The Labute approximate surface area is 210 Å². The van der Waals surface area contributed by atoms with Gasteiger partial charge >= 0.3 is 6.18 Å². The Kier molecular flexibility index (Phi) is 7.30. The van der Waals surface area contributed by atoms with Crippen LogP contribution in [-0.2, 0) is 11.0 Å². The summed E-state index contributed by atoms with van der Waals surface area (Å²) < 4.78 is 42.1. The Balaban J connectivity index is 1.59. The van der Waals surface area contributed by atoms with Crippen LogP contribution in [0.1, 0.15) is 5.56 Å². The minimum Gasteiger partial charge on any atom is -0.325 e. The molecule has 4 rings (SSSR count). The van der Waals surface area contributed by atoms with Gasteiger partial charge in [0.2, 0.25) is 5.91 Å². The van der Waals surface area contributed by atoms with Gasteiger partial charge < -0.3 is 5.32 Å². The number of carbonyl (C=O) groups is 1. The largest absolute Gasteiger partial charge is 0.418 e. The van der Waals surface area contributed by atoms with E-state index in [2.05, 4.69) is 31.4 Å². The predicted molar refractivity (Wildman–Crippen MR) is 130 cm³/mol. The average Bonchev–Trinajstić information content (AvgIpc) is 3.23. The fourth-order valence-corrected chi connectivity index (χ4v) is 4.38. The molecule has 0 atom stereocenters. The zero-order chi connectivity index (χ0) is 24.3. The van der Waals surface area contributed by atoms with Gasteiger partial charge in [0.15, 0.2) is 11.0 Å². The zero-order valence-electron chi connectivity index (χ0n) is 17.2. The average molecular weight is 568 g/mol. The first-order valence-corrected chi connectivity index (χ1v) is 11.9. The fourth-order valence-electron chi connectivity index (χ4n) is 3.14. The van der Waals surface area contributed by atoms with E-state index in [1.54, 1.807) is 28.8 Å². The Morgan fingerprint density at radius 3 is 2.41 bits per heavy atom. The Bertz CT molecular complexity index is 1310. The Hall–Kier alpha value is -2.82. The number of alkyl halides is 3. The highest BCUT2D eigenvalue weighted by Crippen LogP contribution is 2.37. The van der Waals surface area contributed by atoms with Crippen LogP contribution in [-0.4, -0.2) is 26.4 Å². The van der Waals surface area contributed by atoms with E-state index in [1.165, 1.54) is 12.1 Å². The van der Waals surface area contributed by atoms with Gasteiger partial charge in [-0.2, -0.15) is 13.2 Å². The van der Waals surface area contributed by atoms with E-state index in [0.717, 1.165) is 29.1 Å². The monoisotopic (exact) mass is 566 g/mol. The van der Waals surface area contributed by atoms with Crippen molar-refractivity contribution < 1.29 is 18.0 Å². The third-order valence-corrected chi connectivity index (χ3v) is 6.32. The number of hydrogen-bond acceptors (Lipinski definition) is 4. The SMILES string of the molecule is O=C(CSc1nnc(-c2ccccc2)n1-c1ccc(Cl)cc1)Nc1ccc(Br)cc1C(F)(F)F. The first kappa shape index (κ1) is 24.3. The molecule has 0 radical (unpaired) electrons. The lowest BCUT2D eigenvalue weighted by atomic mass is 10.1. The van der Waals surface area contributed by atoms with Crippen molar-refractivity contribution in [2.24, 2.45) is 0 Å². The van der Waals surface area contributed by atoms with Gasteiger partial charge in [-0.3, -0.25) is 9.36 Å². The molecule has 0 spiro atoms. The number of aromatic nitrogens is 3. The maximum Gasteiger partial charge on any atom is 0.418 e. The number of nitrogens with one attached hydrogen (secondary N) is 1. The Morgan fingerprint density at radius 1 is 1.03 bits per heavy atom. The molecule has 0 aliphatic carbocycles. The number of nitrogens with zero attached hydrogens (tertiary/aromatic N) is 3. The molecule has 34 heavy (non-hydrogen) atoms. The summed E-state index contributed by atoms with van der Waals surface area (Å²) in [5, 5.41) is 11.8. The molecule has 1 heterocycles. The van der Waals surface area contributed by atoms with Crippen molar-refractivity contribution >= 4 is 50.9 Å². The molecule has 5 nitrogen and oxygen atoms in total. The number of benzene rings is 3. The summed E-state index contributed by atoms with van der Waals surface area (Å²) in [6.07, 6.45) is -4.61. The molecule has 0 fully saturated rings. The number of carbonyl (C=O) groups excluding carboxylic acids is 1. The topological polar surface area (TPSA) is 59.8 Å². The molecular weight excluding hydrogens is 553 g/mol. The first-order chi connectivity index (χ1) is 16.2. The van der Waals surface area contributed by atoms with Crippen LogP contribution in [0.25, 0.3) is 17.1 Å². The van der Waals surface area contributed by atoms with Crippen molar-refractivity contribution in [1.82, 2.24) is 14.8 Å². The van der Waals surface area contributed by atoms with Crippen LogP contribution < -0.4 is 5.32 Å². The van der Waals surface area contributed by atoms with Gasteiger partial charge in [0.05, 0.1) is 17.0 Å². The van der Waals surface area contributed by atoms with Crippen LogP contribution >= 0.6 is 39.3 Å². The van der Waals surface area contributed by atoms with Gasteiger partial charge in [-0.1, -0.05) is 69.6 Å². The lowest BCUT2D eigenvalue weighted by molar-refractivity contribution is -0.137. The summed E-state index contributed by atoms with van der Waals surface area (Å²) in [5.41, 5.74) is 0.288. The molecular formula is C23H15BrClF3N4OS. The van der Waals surface area contributed by atoms with Crippen molar-refractivity contribution in [3.05, 3.63) is 87.9 Å². The maximum atomic E-state index is 13.4. The van der Waals surface area contributed by atoms with Crippen molar-refractivity contribution in [2.75, 3.05) is 11.1 Å². The highest BCUT2D eigenvalue weighted by Gasteiger charge is 2.34. The van der Waals surface area contributed by atoms with Crippen LogP contribution in [0.15, 0.2) is 82.4 Å². The number of amides is 1. The van der Waals surface area contributed by atoms with E-state index >= 15 is 0 Å². The van der Waals surface area contributed by atoms with Crippen LogP contribution in [0.4, 0.5) is 18.9 Å². The van der Waals surface area contributed by atoms with E-state index in [4.69, 9.17) is 11.6 Å². The minimum absolute atomic E-state index is 0.173. The highest BCUT2D eigenvalue weighted by atomic mass is 79.9. The van der Waals surface area contributed by atoms with Crippen molar-refractivity contribution in [3.8, 4) is 17.1 Å². The van der Waals surface area contributed by atoms with Gasteiger partial charge in [-0.05, 0) is 42.5 Å². The van der Waals surface area contributed by atoms with Crippen LogP contribution in [0.5, 0.6) is 0 Å². The highest BCUT2D eigenvalue weighted by molar-refractivity contribution is 9.10. The summed E-state index contributed by atoms with van der Waals surface area (Å²) in [7, 11) is 0. The minimum atomic E-state index is -4.61. The standard InChI is InChI=1S/C23H15BrClF3N4OS/c24-15-6-11-19(18(12-15)23(26,27)28)29-20(33)13-34-22-31-30-21(14-4-2-1-3-5-14)32(22)17-9-7-16(25)8-10-17/h1-12H,13H2,(H,29,33). The van der Waals surface area contributed by atoms with Crippen LogP contribution in [0.3, 0.4) is 0 Å². The molecule has 0 saturated heterocycles. The molecule has 1 amide bonds. The third-order valence-electron chi connectivity index (χ3n) is 4.64. The van der Waals surface area contributed by atoms with Gasteiger partial charge in [0.25, 0.3) is 0 Å². The molecule has 0 unspecified atom stereocenters. The zero-order valence-corrected chi connectivity index (χ0v) is 20.3. The van der Waals surface area contributed by atoms with Gasteiger partial charge in [0.1, 0.15) is 0 Å². The van der Waals surface area contributed by atoms with E-state index in [0.29, 0.717) is 16.0 Å². The van der Waals surface area contributed by atoms with Gasteiger partial charge in [-0.15, -0.1) is 10.2 Å². The Morgan fingerprint density at radius 2 is 1.74 bits per heavy atom.